The smallest absolute Gasteiger partial charge is 0.320 e. The number of hydrogen-bond donors (Lipinski definition) is 1. The number of nitrogen functional groups attached to an aromatic ring is 1. The molecule has 2 heterocycles. The maximum absolute atomic E-state index is 11.5. The summed E-state index contributed by atoms with van der Waals surface area (Å²) in [5.74, 6) is 1.08. The highest BCUT2D eigenvalue weighted by Crippen LogP contribution is 2.33. The zero-order chi connectivity index (χ0) is 21.9. The Labute approximate surface area is 178 Å². The van der Waals surface area contributed by atoms with Crippen LogP contribution in [0.5, 0.6) is 6.01 Å². The van der Waals surface area contributed by atoms with Gasteiger partial charge in [0, 0.05) is 20.1 Å². The molecule has 10 nitrogen and oxygen atoms in total. The molecular formula is C20H34N6O4. The first-order valence-electron chi connectivity index (χ1n) is 10.3. The van der Waals surface area contributed by atoms with Crippen LogP contribution in [0.3, 0.4) is 0 Å². The van der Waals surface area contributed by atoms with Gasteiger partial charge in [0.05, 0.1) is 13.7 Å². The molecule has 1 aromatic heterocycles. The highest BCUT2D eigenvalue weighted by atomic mass is 16.5. The molecule has 1 aromatic rings. The molecule has 1 aliphatic rings. The van der Waals surface area contributed by atoms with E-state index in [1.165, 1.54) is 7.11 Å². The molecule has 0 bridgehead atoms. The second-order valence-electron chi connectivity index (χ2n) is 7.25. The first kappa shape index (κ1) is 23.8. The number of carbonyl (C=O) groups excluding carboxylic acids is 1. The summed E-state index contributed by atoms with van der Waals surface area (Å²) in [5, 5.41) is 0. The Bertz CT molecular complexity index is 694. The van der Waals surface area contributed by atoms with Crippen molar-refractivity contribution < 1.29 is 19.0 Å². The largest absolute Gasteiger partial charge is 0.469 e. The Balaban J connectivity index is 1.94. The van der Waals surface area contributed by atoms with Crippen LogP contribution in [0, 0.1) is 5.92 Å². The van der Waals surface area contributed by atoms with Crippen LogP contribution in [0.15, 0.2) is 4.99 Å². The summed E-state index contributed by atoms with van der Waals surface area (Å²) in [7, 11) is 3.08. The van der Waals surface area contributed by atoms with E-state index in [2.05, 4.69) is 26.6 Å². The topological polar surface area (TPSA) is 115 Å². The van der Waals surface area contributed by atoms with Crippen molar-refractivity contribution >= 4 is 30.0 Å². The molecule has 0 radical (unpaired) electrons. The Morgan fingerprint density at radius 3 is 2.67 bits per heavy atom. The number of hydrogen-bond acceptors (Lipinski definition) is 10. The van der Waals surface area contributed by atoms with E-state index in [0.717, 1.165) is 38.9 Å². The third-order valence-electron chi connectivity index (χ3n) is 5.18. The van der Waals surface area contributed by atoms with Crippen LogP contribution in [-0.4, -0.2) is 81.3 Å². The van der Waals surface area contributed by atoms with Crippen LogP contribution in [0.1, 0.15) is 32.6 Å². The molecule has 0 aromatic carbocycles. The van der Waals surface area contributed by atoms with Gasteiger partial charge in [-0.05, 0) is 58.5 Å². The number of ether oxygens (including phenoxy) is 3. The molecular weight excluding hydrogens is 388 g/mol. The molecule has 0 amide bonds. The molecule has 1 saturated heterocycles. The number of piperidine rings is 1. The third-order valence-corrected chi connectivity index (χ3v) is 5.18. The quantitative estimate of drug-likeness (QED) is 0.306. The SMILES string of the molecule is C=Nc1c(N)nc(OCC)nc1N(CCCN1CCC(CC(=O)OC)CC1)COC. The maximum Gasteiger partial charge on any atom is 0.320 e. The van der Waals surface area contributed by atoms with Crippen molar-refractivity contribution in [1.82, 2.24) is 14.9 Å². The van der Waals surface area contributed by atoms with E-state index >= 15 is 0 Å². The summed E-state index contributed by atoms with van der Waals surface area (Å²) in [5.41, 5.74) is 6.46. The Morgan fingerprint density at radius 2 is 2.07 bits per heavy atom. The minimum Gasteiger partial charge on any atom is -0.469 e. The van der Waals surface area contributed by atoms with Gasteiger partial charge >= 0.3 is 12.0 Å². The van der Waals surface area contributed by atoms with E-state index < -0.39 is 0 Å². The number of nitrogens with two attached hydrogens (primary N) is 1. The second kappa shape index (κ2) is 12.3. The monoisotopic (exact) mass is 422 g/mol. The molecule has 1 aliphatic heterocycles. The van der Waals surface area contributed by atoms with Crippen molar-refractivity contribution in [2.45, 2.75) is 32.6 Å². The molecule has 0 saturated carbocycles. The van der Waals surface area contributed by atoms with Gasteiger partial charge in [0.1, 0.15) is 12.4 Å². The fraction of sp³-hybridized carbons (Fsp3) is 0.700. The van der Waals surface area contributed by atoms with Crippen LogP contribution in [0.2, 0.25) is 0 Å². The predicted molar refractivity (Wildman–Crippen MR) is 116 cm³/mol. The summed E-state index contributed by atoms with van der Waals surface area (Å²) in [6.07, 6.45) is 3.46. The molecule has 1 fully saturated rings. The van der Waals surface area contributed by atoms with Gasteiger partial charge in [-0.1, -0.05) is 0 Å². The van der Waals surface area contributed by atoms with E-state index in [1.807, 2.05) is 11.8 Å². The minimum absolute atomic E-state index is 0.120. The molecule has 0 aliphatic carbocycles. The standard InChI is InChI=1S/C20H34N6O4/c1-5-30-20-23-18(21)17(22-2)19(24-20)26(14-28-3)10-6-9-25-11-7-15(8-12-25)13-16(27)29-4/h15H,2,5-14H2,1,3-4H3,(H2,21,23,24). The minimum atomic E-state index is -0.120. The lowest BCUT2D eigenvalue weighted by atomic mass is 9.93. The number of anilines is 2. The fourth-order valence-electron chi connectivity index (χ4n) is 3.61. The number of likely N-dealkylation sites (tertiary alicyclic amines) is 1. The molecule has 0 spiro atoms. The zero-order valence-electron chi connectivity index (χ0n) is 18.3. The van der Waals surface area contributed by atoms with Gasteiger partial charge in [-0.2, -0.15) is 9.97 Å². The van der Waals surface area contributed by atoms with Crippen LogP contribution in [0.25, 0.3) is 0 Å². The molecule has 168 valence electrons. The Kier molecular flexibility index (Phi) is 9.75. The molecule has 0 unspecified atom stereocenters. The number of rotatable bonds is 12. The van der Waals surface area contributed by atoms with Crippen LogP contribution in [-0.2, 0) is 14.3 Å². The summed E-state index contributed by atoms with van der Waals surface area (Å²) < 4.78 is 15.6. The van der Waals surface area contributed by atoms with Gasteiger partial charge in [0.15, 0.2) is 11.6 Å². The summed E-state index contributed by atoms with van der Waals surface area (Å²) in [6.45, 7) is 9.87. The first-order chi connectivity index (χ1) is 14.5. The van der Waals surface area contributed by atoms with Crippen molar-refractivity contribution in [2.24, 2.45) is 10.9 Å². The van der Waals surface area contributed by atoms with E-state index in [1.54, 1.807) is 7.11 Å². The van der Waals surface area contributed by atoms with Crippen molar-refractivity contribution in [2.75, 3.05) is 64.4 Å². The zero-order valence-corrected chi connectivity index (χ0v) is 18.3. The van der Waals surface area contributed by atoms with Crippen molar-refractivity contribution in [3.8, 4) is 6.01 Å². The fourth-order valence-corrected chi connectivity index (χ4v) is 3.61. The van der Waals surface area contributed by atoms with Gasteiger partial charge in [-0.15, -0.1) is 0 Å². The van der Waals surface area contributed by atoms with Crippen LogP contribution >= 0.6 is 0 Å². The highest BCUT2D eigenvalue weighted by Gasteiger charge is 2.22. The number of aromatic nitrogens is 2. The Hall–Kier alpha value is -2.46. The lowest BCUT2D eigenvalue weighted by Gasteiger charge is -2.32. The molecule has 2 rings (SSSR count). The van der Waals surface area contributed by atoms with Crippen molar-refractivity contribution in [3.63, 3.8) is 0 Å². The number of methoxy groups -OCH3 is 2. The average molecular weight is 423 g/mol. The first-order valence-corrected chi connectivity index (χ1v) is 10.3. The number of nitrogens with zero attached hydrogens (tertiary/aromatic N) is 5. The summed E-state index contributed by atoms with van der Waals surface area (Å²) in [6, 6.07) is 0.214. The second-order valence-corrected chi connectivity index (χ2v) is 7.25. The third kappa shape index (κ3) is 6.81. The average Bonchev–Trinajstić information content (AvgIpc) is 2.74. The van der Waals surface area contributed by atoms with Gasteiger partial charge in [-0.25, -0.2) is 0 Å². The van der Waals surface area contributed by atoms with Gasteiger partial charge in [0.25, 0.3) is 0 Å². The van der Waals surface area contributed by atoms with Crippen LogP contribution < -0.4 is 15.4 Å². The molecule has 10 heteroatoms. The molecule has 30 heavy (non-hydrogen) atoms. The summed E-state index contributed by atoms with van der Waals surface area (Å²) >= 11 is 0. The number of aliphatic imine (C=N–C) groups is 1. The van der Waals surface area contributed by atoms with E-state index in [-0.39, 0.29) is 17.8 Å². The van der Waals surface area contributed by atoms with Crippen molar-refractivity contribution in [3.05, 3.63) is 0 Å². The summed E-state index contributed by atoms with van der Waals surface area (Å²) in [4.78, 5) is 28.4. The normalized spacial score (nSPS) is 15.0. The van der Waals surface area contributed by atoms with Crippen molar-refractivity contribution in [1.29, 1.82) is 0 Å². The number of esters is 1. The number of carbonyl (C=O) groups is 1. The van der Waals surface area contributed by atoms with Gasteiger partial charge in [-0.3, -0.25) is 9.79 Å². The lowest BCUT2D eigenvalue weighted by Crippen LogP contribution is -2.37. The maximum atomic E-state index is 11.5. The van der Waals surface area contributed by atoms with E-state index in [9.17, 15) is 4.79 Å². The predicted octanol–water partition coefficient (Wildman–Crippen LogP) is 1.87. The molecule has 0 atom stereocenters. The lowest BCUT2D eigenvalue weighted by molar-refractivity contribution is -0.142. The van der Waals surface area contributed by atoms with Gasteiger partial charge < -0.3 is 29.7 Å². The van der Waals surface area contributed by atoms with Crippen LogP contribution in [0.4, 0.5) is 17.3 Å². The molecule has 2 N–H and O–H groups in total. The van der Waals surface area contributed by atoms with E-state index in [4.69, 9.17) is 19.9 Å². The van der Waals surface area contributed by atoms with Gasteiger partial charge in [0.2, 0.25) is 0 Å². The highest BCUT2D eigenvalue weighted by molar-refractivity contribution is 5.75. The van der Waals surface area contributed by atoms with E-state index in [0.29, 0.717) is 43.7 Å². The Morgan fingerprint density at radius 1 is 1.33 bits per heavy atom.